The Morgan fingerprint density at radius 3 is 2.68 bits per heavy atom. The van der Waals surface area contributed by atoms with Crippen molar-refractivity contribution in [1.29, 1.82) is 0 Å². The van der Waals surface area contributed by atoms with Crippen LogP contribution in [0.3, 0.4) is 0 Å². The lowest BCUT2D eigenvalue weighted by Gasteiger charge is -2.18. The van der Waals surface area contributed by atoms with Crippen molar-refractivity contribution >= 4 is 24.3 Å². The molecule has 0 radical (unpaired) electrons. The summed E-state index contributed by atoms with van der Waals surface area (Å²) in [5.74, 6) is 0.000572. The molecule has 19 heavy (non-hydrogen) atoms. The van der Waals surface area contributed by atoms with Crippen LogP contribution in [0.5, 0.6) is 0 Å². The molecule has 2 unspecified atom stereocenters. The Bertz CT molecular complexity index is 301. The van der Waals surface area contributed by atoms with Gasteiger partial charge in [0.1, 0.15) is 0 Å². The molecule has 0 bridgehead atoms. The molecule has 7 heteroatoms. The van der Waals surface area contributed by atoms with Gasteiger partial charge in [-0.2, -0.15) is 0 Å². The zero-order chi connectivity index (χ0) is 13.5. The van der Waals surface area contributed by atoms with Crippen LogP contribution in [0.4, 0.5) is 4.79 Å². The van der Waals surface area contributed by atoms with Gasteiger partial charge in [0.25, 0.3) is 0 Å². The molecule has 1 heterocycles. The molecule has 0 aromatic rings. The van der Waals surface area contributed by atoms with Crippen LogP contribution in [0.1, 0.15) is 20.3 Å². The van der Waals surface area contributed by atoms with E-state index in [1.54, 1.807) is 4.90 Å². The van der Waals surface area contributed by atoms with Gasteiger partial charge in [-0.1, -0.05) is 6.92 Å². The van der Waals surface area contributed by atoms with E-state index in [9.17, 15) is 9.59 Å². The summed E-state index contributed by atoms with van der Waals surface area (Å²) < 4.78 is 0. The smallest absolute Gasteiger partial charge is 0.317 e. The molecule has 1 aliphatic rings. The van der Waals surface area contributed by atoms with E-state index < -0.39 is 0 Å². The molecular weight excluding hydrogens is 268 g/mol. The van der Waals surface area contributed by atoms with Crippen molar-refractivity contribution < 1.29 is 9.59 Å². The molecule has 2 atom stereocenters. The summed E-state index contributed by atoms with van der Waals surface area (Å²) >= 11 is 0. The minimum absolute atomic E-state index is 0. The van der Waals surface area contributed by atoms with Gasteiger partial charge in [-0.15, -0.1) is 12.4 Å². The summed E-state index contributed by atoms with van der Waals surface area (Å²) in [4.78, 5) is 25.2. The van der Waals surface area contributed by atoms with E-state index in [0.29, 0.717) is 26.2 Å². The average molecular weight is 293 g/mol. The summed E-state index contributed by atoms with van der Waals surface area (Å²) in [7, 11) is 1.83. The molecule has 1 saturated heterocycles. The predicted molar refractivity (Wildman–Crippen MR) is 77.5 cm³/mol. The molecule has 1 rings (SSSR count). The first-order valence-electron chi connectivity index (χ1n) is 6.56. The molecule has 3 amide bonds. The third-order valence-electron chi connectivity index (χ3n) is 3.11. The van der Waals surface area contributed by atoms with Crippen LogP contribution in [0, 0.1) is 5.92 Å². The van der Waals surface area contributed by atoms with E-state index in [1.807, 2.05) is 20.9 Å². The number of halogens is 1. The van der Waals surface area contributed by atoms with Crippen molar-refractivity contribution in [2.45, 2.75) is 26.3 Å². The zero-order valence-electron chi connectivity index (χ0n) is 11.9. The van der Waals surface area contributed by atoms with E-state index >= 15 is 0 Å². The second-order valence-electron chi connectivity index (χ2n) is 4.73. The summed E-state index contributed by atoms with van der Waals surface area (Å²) in [5.41, 5.74) is 0. The first-order chi connectivity index (χ1) is 8.58. The number of likely N-dealkylation sites (tertiary alicyclic amines) is 1. The monoisotopic (exact) mass is 292 g/mol. The Hall–Kier alpha value is -1.01. The Morgan fingerprint density at radius 2 is 2.11 bits per heavy atom. The predicted octanol–water partition coefficient (Wildman–Crippen LogP) is 0.184. The molecule has 0 aromatic carbocycles. The van der Waals surface area contributed by atoms with Gasteiger partial charge in [0, 0.05) is 38.1 Å². The second-order valence-corrected chi connectivity index (χ2v) is 4.73. The van der Waals surface area contributed by atoms with Crippen molar-refractivity contribution in [3.8, 4) is 0 Å². The molecule has 1 aliphatic heterocycles. The maximum Gasteiger partial charge on any atom is 0.317 e. The van der Waals surface area contributed by atoms with E-state index in [0.717, 1.165) is 6.42 Å². The quantitative estimate of drug-likeness (QED) is 0.677. The molecule has 1 fully saturated rings. The number of rotatable bonds is 5. The maximum atomic E-state index is 11.8. The van der Waals surface area contributed by atoms with E-state index in [1.165, 1.54) is 0 Å². The Labute approximate surface area is 121 Å². The first-order valence-corrected chi connectivity index (χ1v) is 6.56. The van der Waals surface area contributed by atoms with Crippen molar-refractivity contribution in [2.24, 2.45) is 5.92 Å². The van der Waals surface area contributed by atoms with Gasteiger partial charge in [0.2, 0.25) is 5.91 Å². The number of hydrogen-bond donors (Lipinski definition) is 3. The third kappa shape index (κ3) is 5.65. The Kier molecular flexibility index (Phi) is 8.51. The maximum absolute atomic E-state index is 11.8. The van der Waals surface area contributed by atoms with Crippen molar-refractivity contribution in [3.05, 3.63) is 0 Å². The molecule has 0 saturated carbocycles. The van der Waals surface area contributed by atoms with Crippen LogP contribution < -0.4 is 16.0 Å². The fraction of sp³-hybridized carbons (Fsp3) is 0.833. The van der Waals surface area contributed by atoms with Gasteiger partial charge in [-0.3, -0.25) is 4.79 Å². The minimum Gasteiger partial charge on any atom is -0.351 e. The van der Waals surface area contributed by atoms with Crippen LogP contribution in [0.15, 0.2) is 0 Å². The number of amides is 3. The third-order valence-corrected chi connectivity index (χ3v) is 3.11. The number of nitrogens with zero attached hydrogens (tertiary/aromatic N) is 1. The largest absolute Gasteiger partial charge is 0.351 e. The number of carbonyl (C=O) groups is 2. The van der Waals surface area contributed by atoms with Gasteiger partial charge in [0.15, 0.2) is 0 Å². The van der Waals surface area contributed by atoms with Crippen LogP contribution >= 0.6 is 12.4 Å². The SMILES string of the molecule is CCNC(=O)N1CCC(NC(=O)C(C)CNC)C1.Cl. The Morgan fingerprint density at radius 1 is 1.42 bits per heavy atom. The molecular formula is C12H25ClN4O2. The number of urea groups is 1. The highest BCUT2D eigenvalue weighted by atomic mass is 35.5. The average Bonchev–Trinajstić information content (AvgIpc) is 2.78. The lowest BCUT2D eigenvalue weighted by Crippen LogP contribution is -2.44. The van der Waals surface area contributed by atoms with Crippen molar-refractivity contribution in [3.63, 3.8) is 0 Å². The van der Waals surface area contributed by atoms with Crippen LogP contribution in [-0.4, -0.2) is 56.1 Å². The molecule has 112 valence electrons. The summed E-state index contributed by atoms with van der Waals surface area (Å²) in [6, 6.07) is 0.0388. The summed E-state index contributed by atoms with van der Waals surface area (Å²) in [6.45, 7) is 6.39. The van der Waals surface area contributed by atoms with Gasteiger partial charge in [0.05, 0.1) is 0 Å². The Balaban J connectivity index is 0.00000324. The first kappa shape index (κ1) is 18.0. The van der Waals surface area contributed by atoms with E-state index in [-0.39, 0.29) is 36.3 Å². The zero-order valence-corrected chi connectivity index (χ0v) is 12.7. The lowest BCUT2D eigenvalue weighted by molar-refractivity contribution is -0.125. The van der Waals surface area contributed by atoms with Crippen molar-refractivity contribution in [1.82, 2.24) is 20.9 Å². The highest BCUT2D eigenvalue weighted by Gasteiger charge is 2.27. The summed E-state index contributed by atoms with van der Waals surface area (Å²) in [5, 5.41) is 8.74. The molecule has 6 nitrogen and oxygen atoms in total. The van der Waals surface area contributed by atoms with E-state index in [2.05, 4.69) is 16.0 Å². The number of carbonyl (C=O) groups excluding carboxylic acids is 2. The van der Waals surface area contributed by atoms with Crippen LogP contribution in [-0.2, 0) is 4.79 Å². The van der Waals surface area contributed by atoms with Crippen LogP contribution in [0.25, 0.3) is 0 Å². The minimum atomic E-state index is -0.0477. The summed E-state index contributed by atoms with van der Waals surface area (Å²) in [6.07, 6.45) is 0.829. The topological polar surface area (TPSA) is 73.5 Å². The normalized spacial score (nSPS) is 19.5. The standard InChI is InChI=1S/C12H24N4O2.ClH/c1-4-14-12(18)16-6-5-10(8-16)15-11(17)9(2)7-13-3;/h9-10,13H,4-8H2,1-3H3,(H,14,18)(H,15,17);1H. The fourth-order valence-electron chi connectivity index (χ4n) is 2.07. The van der Waals surface area contributed by atoms with Crippen LogP contribution in [0.2, 0.25) is 0 Å². The van der Waals surface area contributed by atoms with Gasteiger partial charge in [-0.25, -0.2) is 4.79 Å². The molecule has 0 aromatic heterocycles. The molecule has 3 N–H and O–H groups in total. The van der Waals surface area contributed by atoms with Crippen molar-refractivity contribution in [2.75, 3.05) is 33.2 Å². The van der Waals surface area contributed by atoms with Gasteiger partial charge >= 0.3 is 6.03 Å². The van der Waals surface area contributed by atoms with Gasteiger partial charge < -0.3 is 20.9 Å². The highest BCUT2D eigenvalue weighted by Crippen LogP contribution is 2.09. The molecule has 0 aliphatic carbocycles. The lowest BCUT2D eigenvalue weighted by atomic mass is 10.1. The van der Waals surface area contributed by atoms with E-state index in [4.69, 9.17) is 0 Å². The highest BCUT2D eigenvalue weighted by molar-refractivity contribution is 5.85. The number of hydrogen-bond acceptors (Lipinski definition) is 3. The fourth-order valence-corrected chi connectivity index (χ4v) is 2.07. The van der Waals surface area contributed by atoms with Gasteiger partial charge in [-0.05, 0) is 20.4 Å². The number of nitrogens with one attached hydrogen (secondary N) is 3. The second kappa shape index (κ2) is 8.98. The molecule has 0 spiro atoms.